The predicted octanol–water partition coefficient (Wildman–Crippen LogP) is 12.2. The molecule has 3 aromatic heterocycles. The summed E-state index contributed by atoms with van der Waals surface area (Å²) in [5.74, 6) is 0. The highest BCUT2D eigenvalue weighted by atomic mass is 16.3. The number of pyridine rings is 1. The van der Waals surface area contributed by atoms with E-state index in [1.165, 1.54) is 27.1 Å². The Bertz CT molecular complexity index is 2750. The summed E-state index contributed by atoms with van der Waals surface area (Å²) in [5.41, 5.74) is 11.7. The first-order valence-corrected chi connectivity index (χ1v) is 16.3. The number of aromatic nitrogens is 2. The molecule has 0 saturated heterocycles. The second-order valence-corrected chi connectivity index (χ2v) is 12.4. The normalized spacial score (nSPS) is 11.8. The second-order valence-electron chi connectivity index (χ2n) is 12.4. The molecule has 0 N–H and O–H groups in total. The maximum Gasteiger partial charge on any atom is 0.136 e. The molecule has 0 aliphatic rings. The van der Waals surface area contributed by atoms with Crippen LogP contribution < -0.4 is 0 Å². The molecule has 10 rings (SSSR count). The first kappa shape index (κ1) is 26.7. The van der Waals surface area contributed by atoms with E-state index in [4.69, 9.17) is 9.40 Å². The van der Waals surface area contributed by atoms with Gasteiger partial charge >= 0.3 is 0 Å². The van der Waals surface area contributed by atoms with Crippen LogP contribution >= 0.6 is 0 Å². The number of benzene rings is 7. The SMILES string of the molecule is c1ccc(-c2cc(-c3ccc(-n4c5cc6ccccc6cc5c5cc6oc7ccccc7c6cc54)cc3)cc(-c3ccccc3)n2)cc1. The number of nitrogens with zero attached hydrogens (tertiary/aromatic N) is 2. The van der Waals surface area contributed by atoms with E-state index in [1.807, 2.05) is 24.3 Å². The fourth-order valence-corrected chi connectivity index (χ4v) is 7.21. The summed E-state index contributed by atoms with van der Waals surface area (Å²) in [6, 6.07) is 60.2. The Kier molecular flexibility index (Phi) is 5.87. The van der Waals surface area contributed by atoms with Gasteiger partial charge in [0.25, 0.3) is 0 Å². The molecule has 0 aliphatic heterocycles. The molecule has 3 nitrogen and oxygen atoms in total. The lowest BCUT2D eigenvalue weighted by Gasteiger charge is -2.12. The van der Waals surface area contributed by atoms with Crippen LogP contribution in [0.4, 0.5) is 0 Å². The van der Waals surface area contributed by atoms with E-state index in [1.54, 1.807) is 0 Å². The van der Waals surface area contributed by atoms with Gasteiger partial charge < -0.3 is 8.98 Å². The highest BCUT2D eigenvalue weighted by Crippen LogP contribution is 2.40. The zero-order valence-corrected chi connectivity index (χ0v) is 26.0. The average Bonchev–Trinajstić information content (AvgIpc) is 3.67. The van der Waals surface area contributed by atoms with Crippen molar-refractivity contribution in [2.45, 2.75) is 0 Å². The first-order valence-electron chi connectivity index (χ1n) is 16.3. The molecule has 0 bridgehead atoms. The van der Waals surface area contributed by atoms with E-state index >= 15 is 0 Å². The van der Waals surface area contributed by atoms with Crippen molar-refractivity contribution >= 4 is 54.5 Å². The minimum Gasteiger partial charge on any atom is -0.456 e. The van der Waals surface area contributed by atoms with Crippen LogP contribution in [0.5, 0.6) is 0 Å². The van der Waals surface area contributed by atoms with E-state index in [-0.39, 0.29) is 0 Å². The van der Waals surface area contributed by atoms with Gasteiger partial charge in [-0.25, -0.2) is 4.98 Å². The highest BCUT2D eigenvalue weighted by Gasteiger charge is 2.18. The number of hydrogen-bond donors (Lipinski definition) is 0. The molecule has 0 radical (unpaired) electrons. The molecule has 7 aromatic carbocycles. The van der Waals surface area contributed by atoms with Crippen molar-refractivity contribution in [3.05, 3.63) is 170 Å². The van der Waals surface area contributed by atoms with Crippen LogP contribution in [0.1, 0.15) is 0 Å². The maximum atomic E-state index is 6.35. The molecule has 224 valence electrons. The van der Waals surface area contributed by atoms with Gasteiger partial charge in [-0.3, -0.25) is 0 Å². The lowest BCUT2D eigenvalue weighted by atomic mass is 10.00. The Morgan fingerprint density at radius 3 is 1.67 bits per heavy atom. The Balaban J connectivity index is 1.18. The maximum absolute atomic E-state index is 6.35. The molecule has 0 amide bonds. The lowest BCUT2D eigenvalue weighted by Crippen LogP contribution is -1.95. The third-order valence-electron chi connectivity index (χ3n) is 9.55. The van der Waals surface area contributed by atoms with Crippen LogP contribution in [0.15, 0.2) is 174 Å². The summed E-state index contributed by atoms with van der Waals surface area (Å²) in [7, 11) is 0. The largest absolute Gasteiger partial charge is 0.456 e. The summed E-state index contributed by atoms with van der Waals surface area (Å²) < 4.78 is 8.75. The van der Waals surface area contributed by atoms with Gasteiger partial charge in [-0.2, -0.15) is 0 Å². The Morgan fingerprint density at radius 1 is 0.375 bits per heavy atom. The molecule has 10 aromatic rings. The summed E-state index contributed by atoms with van der Waals surface area (Å²) in [4.78, 5) is 5.08. The monoisotopic (exact) mass is 612 g/mol. The Hall–Kier alpha value is -6.45. The van der Waals surface area contributed by atoms with Gasteiger partial charge in [0.15, 0.2) is 0 Å². The quantitative estimate of drug-likeness (QED) is 0.198. The Labute approximate surface area is 277 Å². The van der Waals surface area contributed by atoms with Crippen molar-refractivity contribution in [2.24, 2.45) is 0 Å². The number of fused-ring (bicyclic) bond motifs is 7. The van der Waals surface area contributed by atoms with Crippen LogP contribution in [0, 0.1) is 0 Å². The van der Waals surface area contributed by atoms with Gasteiger partial charge in [-0.05, 0) is 76.5 Å². The molecular formula is C45H28N2O. The smallest absolute Gasteiger partial charge is 0.136 e. The van der Waals surface area contributed by atoms with Gasteiger partial charge in [0, 0.05) is 38.4 Å². The molecular weight excluding hydrogens is 585 g/mol. The molecule has 0 unspecified atom stereocenters. The number of rotatable bonds is 4. The van der Waals surface area contributed by atoms with Crippen molar-refractivity contribution in [3.63, 3.8) is 0 Å². The fourth-order valence-electron chi connectivity index (χ4n) is 7.21. The van der Waals surface area contributed by atoms with Gasteiger partial charge in [-0.1, -0.05) is 115 Å². The molecule has 48 heavy (non-hydrogen) atoms. The van der Waals surface area contributed by atoms with E-state index < -0.39 is 0 Å². The van der Waals surface area contributed by atoms with Crippen LogP contribution in [0.25, 0.3) is 93.8 Å². The number of hydrogen-bond acceptors (Lipinski definition) is 2. The predicted molar refractivity (Wildman–Crippen MR) is 200 cm³/mol. The van der Waals surface area contributed by atoms with Gasteiger partial charge in [-0.15, -0.1) is 0 Å². The topological polar surface area (TPSA) is 31.0 Å². The molecule has 0 spiro atoms. The van der Waals surface area contributed by atoms with E-state index in [2.05, 4.69) is 150 Å². The summed E-state index contributed by atoms with van der Waals surface area (Å²) >= 11 is 0. The van der Waals surface area contributed by atoms with Crippen molar-refractivity contribution in [2.75, 3.05) is 0 Å². The third kappa shape index (κ3) is 4.25. The van der Waals surface area contributed by atoms with E-state index in [0.717, 1.165) is 66.8 Å². The van der Waals surface area contributed by atoms with E-state index in [0.29, 0.717) is 0 Å². The molecule has 0 saturated carbocycles. The molecule has 3 heteroatoms. The van der Waals surface area contributed by atoms with Gasteiger partial charge in [0.1, 0.15) is 11.2 Å². The van der Waals surface area contributed by atoms with Gasteiger partial charge in [0.2, 0.25) is 0 Å². The first-order chi connectivity index (χ1) is 23.8. The van der Waals surface area contributed by atoms with Crippen molar-refractivity contribution in [1.29, 1.82) is 0 Å². The highest BCUT2D eigenvalue weighted by molar-refractivity contribution is 6.19. The van der Waals surface area contributed by atoms with Crippen LogP contribution in [-0.2, 0) is 0 Å². The summed E-state index contributed by atoms with van der Waals surface area (Å²) in [6.45, 7) is 0. The molecule has 0 aliphatic carbocycles. The van der Waals surface area contributed by atoms with Crippen LogP contribution in [0.3, 0.4) is 0 Å². The van der Waals surface area contributed by atoms with Gasteiger partial charge in [0.05, 0.1) is 22.4 Å². The third-order valence-corrected chi connectivity index (χ3v) is 9.55. The zero-order chi connectivity index (χ0) is 31.6. The molecule has 0 fully saturated rings. The lowest BCUT2D eigenvalue weighted by molar-refractivity contribution is 0.669. The van der Waals surface area contributed by atoms with E-state index in [9.17, 15) is 0 Å². The zero-order valence-electron chi connectivity index (χ0n) is 26.0. The second kappa shape index (κ2) is 10.5. The molecule has 3 heterocycles. The Morgan fingerprint density at radius 2 is 0.958 bits per heavy atom. The van der Waals surface area contributed by atoms with Crippen molar-refractivity contribution < 1.29 is 4.42 Å². The minimum absolute atomic E-state index is 0.910. The average molecular weight is 613 g/mol. The van der Waals surface area contributed by atoms with Crippen LogP contribution in [-0.4, -0.2) is 9.55 Å². The summed E-state index contributed by atoms with van der Waals surface area (Å²) in [5, 5.41) is 7.10. The number of furan rings is 1. The van der Waals surface area contributed by atoms with Crippen molar-refractivity contribution in [1.82, 2.24) is 9.55 Å². The summed E-state index contributed by atoms with van der Waals surface area (Å²) in [6.07, 6.45) is 0. The fraction of sp³-hybridized carbons (Fsp3) is 0. The standard InChI is InChI=1S/C45H28N2O/c1-3-11-30(12-4-1)40-24-34(25-41(46-40)31-13-5-2-6-14-31)29-19-21-35(22-20-29)47-42-26-33-16-8-7-15-32(33)23-37(42)38-28-45-39(27-43(38)47)36-17-9-10-18-44(36)48-45/h1-28H. The number of para-hydroxylation sites is 1. The van der Waals surface area contributed by atoms with Crippen LogP contribution in [0.2, 0.25) is 0 Å². The van der Waals surface area contributed by atoms with Crippen molar-refractivity contribution in [3.8, 4) is 39.3 Å². The molecule has 0 atom stereocenters. The minimum atomic E-state index is 0.910.